The Labute approximate surface area is 142 Å². The molecule has 3 rings (SSSR count). The summed E-state index contributed by atoms with van der Waals surface area (Å²) >= 11 is 0. The Kier molecular flexibility index (Phi) is 5.48. The number of nitrogens with one attached hydrogen (secondary N) is 2. The van der Waals surface area contributed by atoms with Gasteiger partial charge in [-0.25, -0.2) is 0 Å². The molecular weight excluding hydrogens is 306 g/mol. The van der Waals surface area contributed by atoms with Crippen LogP contribution >= 0.6 is 0 Å². The molecule has 1 aromatic rings. The van der Waals surface area contributed by atoms with E-state index >= 15 is 0 Å². The van der Waals surface area contributed by atoms with Crippen LogP contribution in [0.4, 0.5) is 5.69 Å². The first kappa shape index (κ1) is 16.9. The number of hydrogen-bond acceptors (Lipinski definition) is 4. The Bertz CT molecular complexity index is 606. The van der Waals surface area contributed by atoms with Crippen molar-refractivity contribution in [3.05, 3.63) is 29.3 Å². The quantitative estimate of drug-likeness (QED) is 0.878. The summed E-state index contributed by atoms with van der Waals surface area (Å²) in [6, 6.07) is 5.51. The van der Waals surface area contributed by atoms with Crippen LogP contribution in [0.2, 0.25) is 0 Å². The molecule has 2 aliphatic rings. The highest BCUT2D eigenvalue weighted by molar-refractivity contribution is 5.98. The van der Waals surface area contributed by atoms with E-state index in [2.05, 4.69) is 10.6 Å². The summed E-state index contributed by atoms with van der Waals surface area (Å²) < 4.78 is 5.29. The molecule has 2 heterocycles. The average Bonchev–Trinajstić information content (AvgIpc) is 2.64. The molecule has 6 nitrogen and oxygen atoms in total. The smallest absolute Gasteiger partial charge is 0.254 e. The number of anilines is 1. The molecule has 24 heavy (non-hydrogen) atoms. The van der Waals surface area contributed by atoms with Crippen molar-refractivity contribution < 1.29 is 14.3 Å². The van der Waals surface area contributed by atoms with E-state index in [4.69, 9.17) is 4.74 Å². The van der Waals surface area contributed by atoms with Gasteiger partial charge in [-0.2, -0.15) is 0 Å². The van der Waals surface area contributed by atoms with Gasteiger partial charge in [-0.05, 0) is 44.0 Å². The normalized spacial score (nSPS) is 21.4. The van der Waals surface area contributed by atoms with Crippen LogP contribution in [0, 0.1) is 12.8 Å². The van der Waals surface area contributed by atoms with Gasteiger partial charge in [-0.1, -0.05) is 6.07 Å². The third kappa shape index (κ3) is 3.94. The molecule has 130 valence electrons. The lowest BCUT2D eigenvalue weighted by molar-refractivity contribution is -0.120. The summed E-state index contributed by atoms with van der Waals surface area (Å²) in [5.41, 5.74) is 2.30. The van der Waals surface area contributed by atoms with Crippen molar-refractivity contribution in [1.82, 2.24) is 10.2 Å². The lowest BCUT2D eigenvalue weighted by atomic mass is 9.98. The van der Waals surface area contributed by atoms with Crippen LogP contribution in [-0.2, 0) is 9.53 Å². The maximum Gasteiger partial charge on any atom is 0.254 e. The first-order valence-electron chi connectivity index (χ1n) is 8.64. The molecule has 1 unspecified atom stereocenters. The predicted octanol–water partition coefficient (Wildman–Crippen LogP) is 1.41. The Balaban J connectivity index is 1.71. The number of hydrogen-bond donors (Lipinski definition) is 2. The predicted molar refractivity (Wildman–Crippen MR) is 92.1 cm³/mol. The minimum absolute atomic E-state index is 0.00301. The van der Waals surface area contributed by atoms with E-state index in [-0.39, 0.29) is 17.7 Å². The SMILES string of the molecule is Cc1ccc(C(=O)N2CCOCC2)cc1NC(=O)C1CCCNC1. The number of aryl methyl sites for hydroxylation is 1. The Morgan fingerprint density at radius 1 is 1.29 bits per heavy atom. The van der Waals surface area contributed by atoms with Crippen molar-refractivity contribution in [1.29, 1.82) is 0 Å². The molecule has 2 N–H and O–H groups in total. The highest BCUT2D eigenvalue weighted by Gasteiger charge is 2.23. The van der Waals surface area contributed by atoms with Crippen LogP contribution in [0.3, 0.4) is 0 Å². The van der Waals surface area contributed by atoms with E-state index in [1.54, 1.807) is 11.0 Å². The minimum atomic E-state index is -0.00636. The molecule has 0 saturated carbocycles. The van der Waals surface area contributed by atoms with E-state index in [1.165, 1.54) is 0 Å². The van der Waals surface area contributed by atoms with Crippen LogP contribution in [-0.4, -0.2) is 56.1 Å². The number of amides is 2. The summed E-state index contributed by atoms with van der Waals surface area (Å²) in [6.07, 6.45) is 1.93. The van der Waals surface area contributed by atoms with Gasteiger partial charge in [0.2, 0.25) is 5.91 Å². The maximum atomic E-state index is 12.6. The highest BCUT2D eigenvalue weighted by Crippen LogP contribution is 2.21. The largest absolute Gasteiger partial charge is 0.378 e. The lowest BCUT2D eigenvalue weighted by Crippen LogP contribution is -2.40. The van der Waals surface area contributed by atoms with Gasteiger partial charge in [0.1, 0.15) is 0 Å². The molecule has 2 aliphatic heterocycles. The Hall–Kier alpha value is -1.92. The summed E-state index contributed by atoms with van der Waals surface area (Å²) in [6.45, 7) is 6.03. The fourth-order valence-electron chi connectivity index (χ4n) is 3.15. The number of rotatable bonds is 3. The van der Waals surface area contributed by atoms with Crippen LogP contribution in [0.5, 0.6) is 0 Å². The second kappa shape index (κ2) is 7.77. The summed E-state index contributed by atoms with van der Waals surface area (Å²) in [5, 5.41) is 6.26. The fraction of sp³-hybridized carbons (Fsp3) is 0.556. The molecule has 0 spiro atoms. The molecule has 6 heteroatoms. The number of ether oxygens (including phenoxy) is 1. The van der Waals surface area contributed by atoms with Gasteiger partial charge in [-0.15, -0.1) is 0 Å². The second-order valence-corrected chi connectivity index (χ2v) is 6.47. The Morgan fingerprint density at radius 3 is 2.79 bits per heavy atom. The van der Waals surface area contributed by atoms with Crippen molar-refractivity contribution in [2.24, 2.45) is 5.92 Å². The first-order valence-corrected chi connectivity index (χ1v) is 8.64. The maximum absolute atomic E-state index is 12.6. The van der Waals surface area contributed by atoms with Gasteiger partial charge >= 0.3 is 0 Å². The lowest BCUT2D eigenvalue weighted by Gasteiger charge is -2.27. The molecule has 2 saturated heterocycles. The van der Waals surface area contributed by atoms with Gasteiger partial charge < -0.3 is 20.3 Å². The topological polar surface area (TPSA) is 70.7 Å². The van der Waals surface area contributed by atoms with Crippen molar-refractivity contribution in [3.8, 4) is 0 Å². The van der Waals surface area contributed by atoms with Gasteiger partial charge in [0.15, 0.2) is 0 Å². The van der Waals surface area contributed by atoms with Crippen molar-refractivity contribution >= 4 is 17.5 Å². The third-order valence-electron chi connectivity index (χ3n) is 4.71. The highest BCUT2D eigenvalue weighted by atomic mass is 16.5. The molecule has 1 atom stereocenters. The molecule has 0 radical (unpaired) electrons. The van der Waals surface area contributed by atoms with E-state index in [9.17, 15) is 9.59 Å². The monoisotopic (exact) mass is 331 g/mol. The van der Waals surface area contributed by atoms with Crippen molar-refractivity contribution in [2.75, 3.05) is 44.7 Å². The zero-order chi connectivity index (χ0) is 16.9. The van der Waals surface area contributed by atoms with Crippen molar-refractivity contribution in [3.63, 3.8) is 0 Å². The van der Waals surface area contributed by atoms with Gasteiger partial charge in [0, 0.05) is 30.9 Å². The first-order chi connectivity index (χ1) is 11.6. The molecule has 0 aromatic heterocycles. The fourth-order valence-corrected chi connectivity index (χ4v) is 3.15. The van der Waals surface area contributed by atoms with Gasteiger partial charge in [0.25, 0.3) is 5.91 Å². The number of nitrogens with zero attached hydrogens (tertiary/aromatic N) is 1. The van der Waals surface area contributed by atoms with Crippen LogP contribution in [0.25, 0.3) is 0 Å². The number of benzene rings is 1. The molecular formula is C18H25N3O3. The number of morpholine rings is 1. The second-order valence-electron chi connectivity index (χ2n) is 6.47. The summed E-state index contributed by atoms with van der Waals surface area (Å²) in [7, 11) is 0. The van der Waals surface area contributed by atoms with Crippen LogP contribution in [0.15, 0.2) is 18.2 Å². The average molecular weight is 331 g/mol. The van der Waals surface area contributed by atoms with E-state index in [1.807, 2.05) is 19.1 Å². The molecule has 0 aliphatic carbocycles. The van der Waals surface area contributed by atoms with Crippen LogP contribution < -0.4 is 10.6 Å². The molecule has 2 amide bonds. The number of carbonyl (C=O) groups excluding carboxylic acids is 2. The van der Waals surface area contributed by atoms with Crippen LogP contribution in [0.1, 0.15) is 28.8 Å². The zero-order valence-corrected chi connectivity index (χ0v) is 14.1. The number of carbonyl (C=O) groups is 2. The summed E-state index contributed by atoms with van der Waals surface area (Å²) in [4.78, 5) is 26.8. The van der Waals surface area contributed by atoms with Crippen molar-refractivity contribution in [2.45, 2.75) is 19.8 Å². The standard InChI is InChI=1S/C18H25N3O3/c1-13-4-5-14(18(23)21-7-9-24-10-8-21)11-16(13)20-17(22)15-3-2-6-19-12-15/h4-5,11,15,19H,2-3,6-10,12H2,1H3,(H,20,22). The van der Waals surface area contributed by atoms with Gasteiger partial charge in [0.05, 0.1) is 19.1 Å². The van der Waals surface area contributed by atoms with E-state index in [0.29, 0.717) is 31.9 Å². The summed E-state index contributed by atoms with van der Waals surface area (Å²) in [5.74, 6) is 0.0196. The molecule has 2 fully saturated rings. The third-order valence-corrected chi connectivity index (χ3v) is 4.71. The Morgan fingerprint density at radius 2 is 2.08 bits per heavy atom. The minimum Gasteiger partial charge on any atom is -0.378 e. The zero-order valence-electron chi connectivity index (χ0n) is 14.1. The van der Waals surface area contributed by atoms with E-state index in [0.717, 1.165) is 37.2 Å². The molecule has 1 aromatic carbocycles. The number of piperidine rings is 1. The van der Waals surface area contributed by atoms with Gasteiger partial charge in [-0.3, -0.25) is 9.59 Å². The molecule has 0 bridgehead atoms. The van der Waals surface area contributed by atoms with E-state index < -0.39 is 0 Å².